The lowest BCUT2D eigenvalue weighted by atomic mass is 10.0. The van der Waals surface area contributed by atoms with E-state index in [0.717, 1.165) is 5.56 Å². The number of anilines is 1. The molecule has 5 amide bonds. The average Bonchev–Trinajstić information content (AvgIpc) is 3.81. The van der Waals surface area contributed by atoms with Gasteiger partial charge in [0.05, 0.1) is 35.5 Å². The summed E-state index contributed by atoms with van der Waals surface area (Å²) in [7, 11) is 3.02. The summed E-state index contributed by atoms with van der Waals surface area (Å²) >= 11 is 6.22. The molecular formula is C39H37ClN8O7. The van der Waals surface area contributed by atoms with Crippen LogP contribution in [0.3, 0.4) is 0 Å². The summed E-state index contributed by atoms with van der Waals surface area (Å²) in [5.41, 5.74) is 3.19. The number of nitrogens with one attached hydrogen (secondary N) is 2. The third-order valence-corrected chi connectivity index (χ3v) is 10.0. The van der Waals surface area contributed by atoms with E-state index in [1.54, 1.807) is 25.2 Å². The normalized spacial score (nSPS) is 16.2. The van der Waals surface area contributed by atoms with Gasteiger partial charge >= 0.3 is 0 Å². The highest BCUT2D eigenvalue weighted by molar-refractivity contribution is 6.30. The molecule has 1 saturated heterocycles. The second kappa shape index (κ2) is 14.9. The zero-order chi connectivity index (χ0) is 39.1. The Morgan fingerprint density at radius 3 is 2.65 bits per heavy atom. The third kappa shape index (κ3) is 6.85. The highest BCUT2D eigenvalue weighted by Crippen LogP contribution is 2.37. The molecule has 16 heteroatoms. The number of aromatic nitrogens is 4. The molecule has 3 aliphatic rings. The van der Waals surface area contributed by atoms with Crippen LogP contribution in [0.15, 0.2) is 47.5 Å². The van der Waals surface area contributed by atoms with Crippen molar-refractivity contribution >= 4 is 46.8 Å². The number of pyridine rings is 2. The maximum atomic E-state index is 13.7. The molecule has 0 bridgehead atoms. The minimum absolute atomic E-state index is 0.0966. The van der Waals surface area contributed by atoms with Gasteiger partial charge in [-0.3, -0.25) is 39.0 Å². The molecule has 4 aromatic rings. The number of carbonyl (C=O) groups excluding carboxylic acids is 5. The summed E-state index contributed by atoms with van der Waals surface area (Å²) < 4.78 is 8.76. The van der Waals surface area contributed by atoms with Gasteiger partial charge in [-0.1, -0.05) is 29.5 Å². The number of hydrogen-bond acceptors (Lipinski definition) is 9. The Bertz CT molecular complexity index is 2420. The van der Waals surface area contributed by atoms with Crippen LogP contribution in [0.2, 0.25) is 5.02 Å². The van der Waals surface area contributed by atoms with Crippen molar-refractivity contribution in [3.05, 3.63) is 91.7 Å². The minimum atomic E-state index is -0.703. The number of rotatable bonds is 9. The number of carbonyl (C=O) groups is 5. The van der Waals surface area contributed by atoms with Crippen molar-refractivity contribution in [2.45, 2.75) is 64.7 Å². The standard InChI is InChI=1S/C39H37ClN8O7/c1-21(2)48-30-20-47(29-16-24(40)18-45(3)38(29)53)39(54)32(30)44-33(48)26-15-23(17-42-36(26)55-4)34(50)41-14-7-5-6-9-22-10-8-11-25-27(22)19-46(37(25)52)28-12-13-31(49)43-35(28)51/h8,10-11,15-18,21,28H,5,7,12-14,19-20H2,1-4H3,(H,41,50)(H,43,49,51). The largest absolute Gasteiger partial charge is 0.480 e. The van der Waals surface area contributed by atoms with Crippen LogP contribution in [0.25, 0.3) is 11.4 Å². The summed E-state index contributed by atoms with van der Waals surface area (Å²) in [6.45, 7) is 4.54. The predicted octanol–water partition coefficient (Wildman–Crippen LogP) is 3.37. The summed E-state index contributed by atoms with van der Waals surface area (Å²) in [6, 6.07) is 7.53. The Morgan fingerprint density at radius 2 is 1.91 bits per heavy atom. The van der Waals surface area contributed by atoms with Crippen molar-refractivity contribution in [3.8, 4) is 29.1 Å². The molecule has 3 aromatic heterocycles. The zero-order valence-electron chi connectivity index (χ0n) is 30.6. The predicted molar refractivity (Wildman–Crippen MR) is 201 cm³/mol. The van der Waals surface area contributed by atoms with Gasteiger partial charge in [0.1, 0.15) is 17.6 Å². The molecule has 1 aromatic carbocycles. The van der Waals surface area contributed by atoms with Crippen LogP contribution in [0.1, 0.15) is 93.6 Å². The van der Waals surface area contributed by atoms with Gasteiger partial charge < -0.3 is 24.1 Å². The zero-order valence-corrected chi connectivity index (χ0v) is 31.3. The van der Waals surface area contributed by atoms with E-state index in [4.69, 9.17) is 21.3 Å². The lowest BCUT2D eigenvalue weighted by molar-refractivity contribution is -0.136. The second-order valence-corrected chi connectivity index (χ2v) is 14.2. The minimum Gasteiger partial charge on any atom is -0.480 e. The molecule has 0 spiro atoms. The van der Waals surface area contributed by atoms with Crippen molar-refractivity contribution in [1.29, 1.82) is 0 Å². The van der Waals surface area contributed by atoms with Gasteiger partial charge in [-0.25, -0.2) is 9.97 Å². The number of piperidine rings is 1. The van der Waals surface area contributed by atoms with Crippen LogP contribution in [-0.4, -0.2) is 73.2 Å². The van der Waals surface area contributed by atoms with Crippen LogP contribution in [0, 0.1) is 11.8 Å². The monoisotopic (exact) mass is 764 g/mol. The number of imidazole rings is 1. The van der Waals surface area contributed by atoms with Gasteiger partial charge in [0.15, 0.2) is 5.69 Å². The van der Waals surface area contributed by atoms with E-state index in [1.807, 2.05) is 24.5 Å². The molecule has 0 radical (unpaired) electrons. The maximum absolute atomic E-state index is 13.7. The molecule has 15 nitrogen and oxygen atoms in total. The molecule has 0 aliphatic carbocycles. The highest BCUT2D eigenvalue weighted by atomic mass is 35.5. The molecular weight excluding hydrogens is 728 g/mol. The molecule has 2 N–H and O–H groups in total. The van der Waals surface area contributed by atoms with Gasteiger partial charge in [-0.05, 0) is 56.5 Å². The Hall–Kier alpha value is -6.27. The van der Waals surface area contributed by atoms with Crippen molar-refractivity contribution in [2.75, 3.05) is 18.6 Å². The number of hydrogen-bond donors (Lipinski definition) is 2. The van der Waals surface area contributed by atoms with Crippen molar-refractivity contribution in [1.82, 2.24) is 34.6 Å². The van der Waals surface area contributed by atoms with Crippen LogP contribution >= 0.6 is 11.6 Å². The summed E-state index contributed by atoms with van der Waals surface area (Å²) in [5.74, 6) is 5.01. The molecule has 0 saturated carbocycles. The Balaban J connectivity index is 1.02. The van der Waals surface area contributed by atoms with Crippen LogP contribution in [0.5, 0.6) is 5.88 Å². The smallest absolute Gasteiger partial charge is 0.279 e. The van der Waals surface area contributed by atoms with Crippen molar-refractivity contribution in [2.24, 2.45) is 7.05 Å². The first kappa shape index (κ1) is 37.1. The van der Waals surface area contributed by atoms with Gasteiger partial charge in [0, 0.05) is 62.5 Å². The van der Waals surface area contributed by atoms with E-state index in [0.29, 0.717) is 52.6 Å². The topological polar surface area (TPSA) is 178 Å². The Morgan fingerprint density at radius 1 is 1.11 bits per heavy atom. The van der Waals surface area contributed by atoms with Gasteiger partial charge in [0.25, 0.3) is 23.3 Å². The number of amides is 5. The molecule has 6 heterocycles. The first-order valence-corrected chi connectivity index (χ1v) is 18.1. The van der Waals surface area contributed by atoms with E-state index in [9.17, 15) is 28.8 Å². The number of benzene rings is 1. The number of nitrogens with zero attached hydrogens (tertiary/aromatic N) is 6. The van der Waals surface area contributed by atoms with Gasteiger partial charge in [-0.15, -0.1) is 0 Å². The van der Waals surface area contributed by atoms with E-state index in [2.05, 4.69) is 27.5 Å². The number of methoxy groups -OCH3 is 1. The van der Waals surface area contributed by atoms with Gasteiger partial charge in [-0.2, -0.15) is 0 Å². The van der Waals surface area contributed by atoms with E-state index in [1.165, 1.54) is 39.9 Å². The Labute approximate surface area is 320 Å². The van der Waals surface area contributed by atoms with E-state index >= 15 is 0 Å². The second-order valence-electron chi connectivity index (χ2n) is 13.7. The van der Waals surface area contributed by atoms with Gasteiger partial charge in [0.2, 0.25) is 17.7 Å². The summed E-state index contributed by atoms with van der Waals surface area (Å²) in [6.07, 6.45) is 4.36. The molecule has 55 heavy (non-hydrogen) atoms. The lowest BCUT2D eigenvalue weighted by Crippen LogP contribution is -2.52. The first-order chi connectivity index (χ1) is 26.4. The fourth-order valence-electron chi connectivity index (χ4n) is 7.17. The van der Waals surface area contributed by atoms with E-state index < -0.39 is 17.9 Å². The fourth-order valence-corrected chi connectivity index (χ4v) is 7.42. The molecule has 282 valence electrons. The van der Waals surface area contributed by atoms with Crippen LogP contribution < -0.4 is 25.8 Å². The number of fused-ring (bicyclic) bond motifs is 2. The number of halogens is 1. The molecule has 1 atom stereocenters. The van der Waals surface area contributed by atoms with Crippen LogP contribution in [0.4, 0.5) is 5.69 Å². The third-order valence-electron chi connectivity index (χ3n) is 9.82. The number of imide groups is 1. The average molecular weight is 765 g/mol. The maximum Gasteiger partial charge on any atom is 0.279 e. The summed E-state index contributed by atoms with van der Waals surface area (Å²) in [5, 5.41) is 5.53. The number of aryl methyl sites for hydroxylation is 1. The lowest BCUT2D eigenvalue weighted by Gasteiger charge is -2.29. The fraction of sp³-hybridized carbons (Fsp3) is 0.333. The Kier molecular flexibility index (Phi) is 10.0. The molecule has 3 aliphatic heterocycles. The number of unbranched alkanes of at least 4 members (excludes halogenated alkanes) is 1. The quantitative estimate of drug-likeness (QED) is 0.147. The molecule has 1 fully saturated rings. The summed E-state index contributed by atoms with van der Waals surface area (Å²) in [4.78, 5) is 89.0. The first-order valence-electron chi connectivity index (χ1n) is 17.7. The van der Waals surface area contributed by atoms with Crippen molar-refractivity contribution < 1.29 is 28.7 Å². The number of ether oxygens (including phenoxy) is 1. The van der Waals surface area contributed by atoms with Crippen LogP contribution in [-0.2, 0) is 29.7 Å². The molecule has 7 rings (SSSR count). The SMILES string of the molecule is COc1ncc(C(=O)NCCCC#Cc2cccc3c2CN(C2CCC(=O)NC2=O)C3=O)cc1-c1nc2c(n1C(C)C)CN(c1cc(Cl)cn(C)c1=O)C2=O. The highest BCUT2D eigenvalue weighted by Gasteiger charge is 2.40. The van der Waals surface area contributed by atoms with Crippen molar-refractivity contribution in [3.63, 3.8) is 0 Å². The molecule has 1 unspecified atom stereocenters. The van der Waals surface area contributed by atoms with E-state index in [-0.39, 0.29) is 78.1 Å².